The highest BCUT2D eigenvalue weighted by atomic mass is 16.3. The van der Waals surface area contributed by atoms with E-state index in [9.17, 15) is 4.79 Å². The maximum Gasteiger partial charge on any atom is 0.226 e. The summed E-state index contributed by atoms with van der Waals surface area (Å²) in [5, 5.41) is 18.4. The number of amides is 1. The van der Waals surface area contributed by atoms with E-state index in [0.29, 0.717) is 18.2 Å². The molecule has 0 aliphatic heterocycles. The summed E-state index contributed by atoms with van der Waals surface area (Å²) < 4.78 is 0. The molecular weight excluding hydrogens is 244 g/mol. The minimum atomic E-state index is -0.185. The zero-order valence-electron chi connectivity index (χ0n) is 11.0. The van der Waals surface area contributed by atoms with Crippen LogP contribution < -0.4 is 5.32 Å². The summed E-state index contributed by atoms with van der Waals surface area (Å²) in [6, 6.07) is 0. The molecule has 0 spiro atoms. The molecule has 0 saturated heterocycles. The quantitative estimate of drug-likeness (QED) is 0.753. The summed E-state index contributed by atoms with van der Waals surface area (Å²) in [5.74, 6) is 1.97. The summed E-state index contributed by atoms with van der Waals surface area (Å²) in [6.45, 7) is 0.173. The number of aromatic amines is 1. The van der Waals surface area contributed by atoms with Crippen molar-refractivity contribution in [3.8, 4) is 0 Å². The number of aliphatic hydroxyl groups is 1. The molecule has 0 atom stereocenters. The van der Waals surface area contributed by atoms with Crippen LogP contribution in [0.3, 0.4) is 0 Å². The first-order valence-corrected chi connectivity index (χ1v) is 7.01. The Balaban J connectivity index is 1.58. The summed E-state index contributed by atoms with van der Waals surface area (Å²) >= 11 is 0. The number of aromatic nitrogens is 3. The van der Waals surface area contributed by atoms with E-state index in [0.717, 1.165) is 25.2 Å². The molecule has 104 valence electrons. The number of carbonyl (C=O) groups excluding carboxylic acids is 1. The topological polar surface area (TPSA) is 90.9 Å². The zero-order valence-corrected chi connectivity index (χ0v) is 11.0. The Morgan fingerprint density at radius 3 is 2.63 bits per heavy atom. The Morgan fingerprint density at radius 2 is 2.05 bits per heavy atom. The van der Waals surface area contributed by atoms with Crippen LogP contribution in [-0.2, 0) is 17.9 Å². The van der Waals surface area contributed by atoms with Gasteiger partial charge in [-0.2, -0.15) is 5.10 Å². The number of rotatable bonds is 4. The second kappa shape index (κ2) is 4.92. The first-order valence-electron chi connectivity index (χ1n) is 7.01. The van der Waals surface area contributed by atoms with Gasteiger partial charge in [0, 0.05) is 5.41 Å². The van der Waals surface area contributed by atoms with Crippen LogP contribution in [0.15, 0.2) is 0 Å². The summed E-state index contributed by atoms with van der Waals surface area (Å²) in [4.78, 5) is 16.5. The molecule has 0 aromatic carbocycles. The fourth-order valence-corrected chi connectivity index (χ4v) is 3.43. The van der Waals surface area contributed by atoms with Gasteiger partial charge >= 0.3 is 0 Å². The van der Waals surface area contributed by atoms with Gasteiger partial charge in [-0.1, -0.05) is 0 Å². The molecule has 3 N–H and O–H groups in total. The fraction of sp³-hybridized carbons (Fsp3) is 0.769. The Hall–Kier alpha value is -1.43. The van der Waals surface area contributed by atoms with Crippen LogP contribution in [0.25, 0.3) is 0 Å². The first-order chi connectivity index (χ1) is 9.22. The molecule has 3 saturated carbocycles. The van der Waals surface area contributed by atoms with Gasteiger partial charge in [0.2, 0.25) is 5.91 Å². The second-order valence-corrected chi connectivity index (χ2v) is 5.80. The number of carbonyl (C=O) groups is 1. The van der Waals surface area contributed by atoms with Crippen LogP contribution in [0.5, 0.6) is 0 Å². The molecule has 3 fully saturated rings. The lowest BCUT2D eigenvalue weighted by atomic mass is 9.60. The number of nitrogens with one attached hydrogen (secondary N) is 2. The average molecular weight is 264 g/mol. The molecule has 1 aromatic rings. The molecular formula is C13H20N4O2. The number of nitrogens with zero attached hydrogens (tertiary/aromatic N) is 2. The van der Waals surface area contributed by atoms with E-state index in [1.807, 2.05) is 0 Å². The molecule has 3 aliphatic rings. The standard InChI is InChI=1S/C13H20N4O2/c18-8-11-15-10(16-17-11)7-14-12(19)13-4-1-9(2-5-13)3-6-13/h9,18H,1-8H2,(H,14,19)(H,15,16,17). The van der Waals surface area contributed by atoms with Gasteiger partial charge < -0.3 is 10.4 Å². The molecule has 1 aromatic heterocycles. The van der Waals surface area contributed by atoms with Gasteiger partial charge in [-0.3, -0.25) is 9.89 Å². The summed E-state index contributed by atoms with van der Waals surface area (Å²) in [6.07, 6.45) is 6.69. The lowest BCUT2D eigenvalue weighted by molar-refractivity contribution is -0.137. The predicted octanol–water partition coefficient (Wildman–Crippen LogP) is 0.884. The third kappa shape index (κ3) is 2.36. The van der Waals surface area contributed by atoms with Gasteiger partial charge in [-0.15, -0.1) is 0 Å². The van der Waals surface area contributed by atoms with Gasteiger partial charge in [0.25, 0.3) is 0 Å². The second-order valence-electron chi connectivity index (χ2n) is 5.80. The first kappa shape index (κ1) is 12.6. The third-order valence-electron chi connectivity index (χ3n) is 4.71. The highest BCUT2D eigenvalue weighted by molar-refractivity contribution is 5.82. The lowest BCUT2D eigenvalue weighted by Crippen LogP contribution is -2.46. The van der Waals surface area contributed by atoms with Gasteiger partial charge in [0.15, 0.2) is 5.82 Å². The van der Waals surface area contributed by atoms with Crippen LogP contribution in [0.1, 0.15) is 50.2 Å². The van der Waals surface area contributed by atoms with E-state index in [1.54, 1.807) is 0 Å². The monoisotopic (exact) mass is 264 g/mol. The predicted molar refractivity (Wildman–Crippen MR) is 67.8 cm³/mol. The minimum absolute atomic E-state index is 0.130. The van der Waals surface area contributed by atoms with Crippen molar-refractivity contribution in [3.05, 3.63) is 11.6 Å². The molecule has 0 unspecified atom stereocenters. The van der Waals surface area contributed by atoms with Crippen LogP contribution >= 0.6 is 0 Å². The van der Waals surface area contributed by atoms with Crippen molar-refractivity contribution in [2.24, 2.45) is 11.3 Å². The van der Waals surface area contributed by atoms with E-state index < -0.39 is 0 Å². The molecule has 6 heteroatoms. The summed E-state index contributed by atoms with van der Waals surface area (Å²) in [7, 11) is 0. The van der Waals surface area contributed by atoms with Crippen LogP contribution in [0.2, 0.25) is 0 Å². The van der Waals surface area contributed by atoms with Crippen molar-refractivity contribution in [2.75, 3.05) is 0 Å². The van der Waals surface area contributed by atoms with E-state index in [4.69, 9.17) is 5.11 Å². The van der Waals surface area contributed by atoms with Crippen molar-refractivity contribution in [1.82, 2.24) is 20.5 Å². The maximum absolute atomic E-state index is 12.4. The van der Waals surface area contributed by atoms with E-state index in [1.165, 1.54) is 19.3 Å². The molecule has 0 radical (unpaired) electrons. The normalized spacial score (nSPS) is 29.4. The number of hydrogen-bond acceptors (Lipinski definition) is 4. The van der Waals surface area contributed by atoms with Crippen LogP contribution in [0.4, 0.5) is 0 Å². The maximum atomic E-state index is 12.4. The SMILES string of the molecule is O=C(NCc1nc(CO)n[nH]1)C12CCC(CC1)CC2. The van der Waals surface area contributed by atoms with Crippen molar-refractivity contribution in [2.45, 2.75) is 51.7 Å². The van der Waals surface area contributed by atoms with Gasteiger partial charge in [0.1, 0.15) is 12.4 Å². The van der Waals surface area contributed by atoms with Crippen LogP contribution in [0, 0.1) is 11.3 Å². The van der Waals surface area contributed by atoms with E-state index in [-0.39, 0.29) is 17.9 Å². The lowest BCUT2D eigenvalue weighted by Gasteiger charge is -2.45. The Morgan fingerprint density at radius 1 is 1.37 bits per heavy atom. The van der Waals surface area contributed by atoms with Crippen LogP contribution in [-0.4, -0.2) is 26.2 Å². The average Bonchev–Trinajstić information content (AvgIpc) is 2.94. The van der Waals surface area contributed by atoms with Crippen molar-refractivity contribution in [3.63, 3.8) is 0 Å². The highest BCUT2D eigenvalue weighted by Crippen LogP contribution is 2.50. The number of hydrogen-bond donors (Lipinski definition) is 3. The van der Waals surface area contributed by atoms with Crippen molar-refractivity contribution < 1.29 is 9.90 Å². The number of H-pyrrole nitrogens is 1. The molecule has 1 heterocycles. The highest BCUT2D eigenvalue weighted by Gasteiger charge is 2.45. The molecule has 3 aliphatic carbocycles. The fourth-order valence-electron chi connectivity index (χ4n) is 3.43. The number of aliphatic hydroxyl groups excluding tert-OH is 1. The molecule has 1 amide bonds. The van der Waals surface area contributed by atoms with E-state index in [2.05, 4.69) is 20.5 Å². The third-order valence-corrected chi connectivity index (χ3v) is 4.71. The molecule has 6 nitrogen and oxygen atoms in total. The largest absolute Gasteiger partial charge is 0.388 e. The number of fused-ring (bicyclic) bond motifs is 3. The van der Waals surface area contributed by atoms with Gasteiger partial charge in [-0.05, 0) is 44.4 Å². The van der Waals surface area contributed by atoms with Crippen molar-refractivity contribution in [1.29, 1.82) is 0 Å². The minimum Gasteiger partial charge on any atom is -0.388 e. The smallest absolute Gasteiger partial charge is 0.226 e. The van der Waals surface area contributed by atoms with E-state index >= 15 is 0 Å². The molecule has 2 bridgehead atoms. The Labute approximate surface area is 112 Å². The Kier molecular flexibility index (Phi) is 3.26. The summed E-state index contributed by atoms with van der Waals surface area (Å²) in [5.41, 5.74) is -0.130. The molecule has 4 rings (SSSR count). The van der Waals surface area contributed by atoms with Gasteiger partial charge in [0.05, 0.1) is 6.54 Å². The Bertz CT molecular complexity index is 449. The van der Waals surface area contributed by atoms with Gasteiger partial charge in [-0.25, -0.2) is 4.98 Å². The zero-order chi connectivity index (χ0) is 13.3. The molecule has 19 heavy (non-hydrogen) atoms. The van der Waals surface area contributed by atoms with Crippen molar-refractivity contribution >= 4 is 5.91 Å².